The molecule has 1 aliphatic carbocycles. The van der Waals surface area contributed by atoms with Crippen LogP contribution in [0.1, 0.15) is 31.2 Å². The maximum Gasteiger partial charge on any atom is 0.408 e. The van der Waals surface area contributed by atoms with Crippen LogP contribution in [0.4, 0.5) is 4.79 Å². The van der Waals surface area contributed by atoms with Gasteiger partial charge in [-0.2, -0.15) is 0 Å². The quantitative estimate of drug-likeness (QED) is 0.906. The monoisotopic (exact) mass is 281 g/mol. The van der Waals surface area contributed by atoms with E-state index in [9.17, 15) is 9.59 Å². The standard InChI is InChI=1S/C14H16ClNO3/c1-16-13(18)19-14(9-5-4-8-12(14)17)10-6-2-3-7-11(10)15/h2-3,6-7H,4-5,8-9H2,1H3,(H,16,18). The van der Waals surface area contributed by atoms with E-state index in [1.165, 1.54) is 7.05 Å². The number of carbonyl (C=O) groups excluding carboxylic acids is 2. The summed E-state index contributed by atoms with van der Waals surface area (Å²) in [5.41, 5.74) is -0.665. The maximum atomic E-state index is 12.4. The third-order valence-electron chi connectivity index (χ3n) is 3.41. The Balaban J connectivity index is 2.47. The zero-order valence-electron chi connectivity index (χ0n) is 10.7. The maximum absolute atomic E-state index is 12.4. The molecule has 0 aromatic heterocycles. The van der Waals surface area contributed by atoms with Crippen LogP contribution in [0.3, 0.4) is 0 Å². The molecule has 1 aliphatic rings. The van der Waals surface area contributed by atoms with Gasteiger partial charge in [-0.1, -0.05) is 29.8 Å². The van der Waals surface area contributed by atoms with Crippen LogP contribution in [0, 0.1) is 0 Å². The van der Waals surface area contributed by atoms with Crippen molar-refractivity contribution in [3.05, 3.63) is 34.9 Å². The Bertz CT molecular complexity index is 503. The van der Waals surface area contributed by atoms with Gasteiger partial charge in [0.1, 0.15) is 0 Å². The average molecular weight is 282 g/mol. The summed E-state index contributed by atoms with van der Waals surface area (Å²) in [5.74, 6) is -0.0875. The molecule has 1 atom stereocenters. The lowest BCUT2D eigenvalue weighted by Gasteiger charge is -2.35. The number of alkyl carbamates (subject to hydrolysis) is 1. The molecule has 2 rings (SSSR count). The molecule has 0 spiro atoms. The predicted molar refractivity (Wildman–Crippen MR) is 72.1 cm³/mol. The molecule has 5 heteroatoms. The van der Waals surface area contributed by atoms with Gasteiger partial charge in [-0.3, -0.25) is 4.79 Å². The zero-order valence-corrected chi connectivity index (χ0v) is 11.5. The van der Waals surface area contributed by atoms with Crippen molar-refractivity contribution in [2.24, 2.45) is 0 Å². The Morgan fingerprint density at radius 2 is 2.11 bits per heavy atom. The van der Waals surface area contributed by atoms with E-state index in [0.717, 1.165) is 12.8 Å². The Labute approximate surface area is 117 Å². The number of benzene rings is 1. The van der Waals surface area contributed by atoms with Crippen LogP contribution in [-0.2, 0) is 15.1 Å². The zero-order chi connectivity index (χ0) is 13.9. The van der Waals surface area contributed by atoms with E-state index in [-0.39, 0.29) is 5.78 Å². The average Bonchev–Trinajstić information content (AvgIpc) is 2.42. The first-order valence-electron chi connectivity index (χ1n) is 6.29. The van der Waals surface area contributed by atoms with Gasteiger partial charge in [-0.25, -0.2) is 4.79 Å². The van der Waals surface area contributed by atoms with Gasteiger partial charge in [0.25, 0.3) is 0 Å². The molecular formula is C14H16ClNO3. The highest BCUT2D eigenvalue weighted by Crippen LogP contribution is 2.41. The highest BCUT2D eigenvalue weighted by atomic mass is 35.5. The molecule has 0 bridgehead atoms. The molecular weight excluding hydrogens is 266 g/mol. The molecule has 4 nitrogen and oxygen atoms in total. The Hall–Kier alpha value is -1.55. The van der Waals surface area contributed by atoms with Crippen molar-refractivity contribution in [1.82, 2.24) is 5.32 Å². The molecule has 1 unspecified atom stereocenters. The summed E-state index contributed by atoms with van der Waals surface area (Å²) in [6.45, 7) is 0. The number of nitrogens with one attached hydrogen (secondary N) is 1. The van der Waals surface area contributed by atoms with Crippen LogP contribution in [-0.4, -0.2) is 18.9 Å². The van der Waals surface area contributed by atoms with E-state index >= 15 is 0 Å². The molecule has 19 heavy (non-hydrogen) atoms. The third-order valence-corrected chi connectivity index (χ3v) is 3.74. The van der Waals surface area contributed by atoms with E-state index in [1.807, 2.05) is 0 Å². The van der Waals surface area contributed by atoms with Crippen LogP contribution < -0.4 is 5.32 Å². The predicted octanol–water partition coefficient (Wildman–Crippen LogP) is 3.03. The molecule has 0 aliphatic heterocycles. The lowest BCUT2D eigenvalue weighted by Crippen LogP contribution is -2.45. The molecule has 1 fully saturated rings. The van der Waals surface area contributed by atoms with Crippen LogP contribution in [0.5, 0.6) is 0 Å². The van der Waals surface area contributed by atoms with Crippen molar-refractivity contribution in [2.45, 2.75) is 31.3 Å². The SMILES string of the molecule is CNC(=O)OC1(c2ccccc2Cl)CCCCC1=O. The van der Waals surface area contributed by atoms with Gasteiger partial charge in [0.15, 0.2) is 11.4 Å². The summed E-state index contributed by atoms with van der Waals surface area (Å²) in [5, 5.41) is 2.84. The van der Waals surface area contributed by atoms with Crippen molar-refractivity contribution in [1.29, 1.82) is 0 Å². The summed E-state index contributed by atoms with van der Waals surface area (Å²) in [6.07, 6.45) is 1.91. The number of hydrogen-bond donors (Lipinski definition) is 1. The first-order valence-corrected chi connectivity index (χ1v) is 6.67. The smallest absolute Gasteiger partial charge is 0.408 e. The van der Waals surface area contributed by atoms with E-state index in [0.29, 0.717) is 23.4 Å². The van der Waals surface area contributed by atoms with Gasteiger partial charge in [0, 0.05) is 24.1 Å². The van der Waals surface area contributed by atoms with Crippen LogP contribution in [0.15, 0.2) is 24.3 Å². The first-order chi connectivity index (χ1) is 9.10. The largest absolute Gasteiger partial charge is 0.430 e. The van der Waals surface area contributed by atoms with Gasteiger partial charge in [0.2, 0.25) is 0 Å². The Morgan fingerprint density at radius 1 is 1.37 bits per heavy atom. The summed E-state index contributed by atoms with van der Waals surface area (Å²) in [4.78, 5) is 23.9. The van der Waals surface area contributed by atoms with E-state index < -0.39 is 11.7 Å². The molecule has 1 saturated carbocycles. The summed E-state index contributed by atoms with van der Waals surface area (Å²) in [6, 6.07) is 7.02. The first kappa shape index (κ1) is 13.9. The van der Waals surface area contributed by atoms with Crippen LogP contribution in [0.2, 0.25) is 5.02 Å². The van der Waals surface area contributed by atoms with E-state index in [1.54, 1.807) is 24.3 Å². The summed E-state index contributed by atoms with van der Waals surface area (Å²) in [7, 11) is 1.47. The number of ether oxygens (including phenoxy) is 1. The molecule has 1 N–H and O–H groups in total. The number of carbonyl (C=O) groups is 2. The second kappa shape index (κ2) is 5.61. The van der Waals surface area contributed by atoms with Crippen LogP contribution in [0.25, 0.3) is 0 Å². The number of rotatable bonds is 2. The van der Waals surface area contributed by atoms with Crippen molar-refractivity contribution in [3.8, 4) is 0 Å². The minimum Gasteiger partial charge on any atom is -0.430 e. The number of hydrogen-bond acceptors (Lipinski definition) is 3. The fourth-order valence-electron chi connectivity index (χ4n) is 2.45. The number of halogens is 1. The lowest BCUT2D eigenvalue weighted by molar-refractivity contribution is -0.142. The number of Topliss-reactive ketones (excluding diaryl/α,β-unsaturated/α-hetero) is 1. The van der Waals surface area contributed by atoms with Crippen molar-refractivity contribution < 1.29 is 14.3 Å². The molecule has 0 heterocycles. The van der Waals surface area contributed by atoms with Crippen LogP contribution >= 0.6 is 11.6 Å². The highest BCUT2D eigenvalue weighted by molar-refractivity contribution is 6.31. The van der Waals surface area contributed by atoms with E-state index in [4.69, 9.17) is 16.3 Å². The van der Waals surface area contributed by atoms with Crippen molar-refractivity contribution in [2.75, 3.05) is 7.05 Å². The summed E-state index contributed by atoms with van der Waals surface area (Å²) >= 11 is 6.18. The normalized spacial score (nSPS) is 22.9. The second-order valence-corrected chi connectivity index (χ2v) is 4.98. The number of amides is 1. The van der Waals surface area contributed by atoms with Gasteiger partial charge in [0.05, 0.1) is 0 Å². The van der Waals surface area contributed by atoms with Gasteiger partial charge in [-0.05, 0) is 25.3 Å². The van der Waals surface area contributed by atoms with Gasteiger partial charge >= 0.3 is 6.09 Å². The second-order valence-electron chi connectivity index (χ2n) is 4.58. The van der Waals surface area contributed by atoms with E-state index in [2.05, 4.69) is 5.32 Å². The summed E-state index contributed by atoms with van der Waals surface area (Å²) < 4.78 is 5.42. The topological polar surface area (TPSA) is 55.4 Å². The van der Waals surface area contributed by atoms with Crippen molar-refractivity contribution in [3.63, 3.8) is 0 Å². The fourth-order valence-corrected chi connectivity index (χ4v) is 2.74. The fraction of sp³-hybridized carbons (Fsp3) is 0.429. The molecule has 1 aromatic carbocycles. The minimum atomic E-state index is -1.24. The van der Waals surface area contributed by atoms with Crippen molar-refractivity contribution >= 4 is 23.5 Å². The Morgan fingerprint density at radius 3 is 2.74 bits per heavy atom. The highest BCUT2D eigenvalue weighted by Gasteiger charge is 2.46. The molecule has 0 radical (unpaired) electrons. The molecule has 102 valence electrons. The lowest BCUT2D eigenvalue weighted by atomic mass is 9.78. The number of ketones is 1. The molecule has 1 aromatic rings. The minimum absolute atomic E-state index is 0.0875. The Kier molecular flexibility index (Phi) is 4.10. The third kappa shape index (κ3) is 2.59. The van der Waals surface area contributed by atoms with Gasteiger partial charge in [-0.15, -0.1) is 0 Å². The van der Waals surface area contributed by atoms with Gasteiger partial charge < -0.3 is 10.1 Å². The molecule has 0 saturated heterocycles. The molecule has 1 amide bonds.